The van der Waals surface area contributed by atoms with Gasteiger partial charge in [0.15, 0.2) is 0 Å². The normalized spacial score (nSPS) is 10.3. The highest BCUT2D eigenvalue weighted by Gasteiger charge is 2.09. The molecular formula is C13H12ClNO3. The average Bonchev–Trinajstić information content (AvgIpc) is 2.80. The van der Waals surface area contributed by atoms with Crippen molar-refractivity contribution in [2.45, 2.75) is 13.5 Å². The summed E-state index contributed by atoms with van der Waals surface area (Å²) in [6, 6.07) is 8.73. The van der Waals surface area contributed by atoms with Gasteiger partial charge in [-0.2, -0.15) is 0 Å². The molecule has 0 radical (unpaired) electrons. The number of carbonyl (C=O) groups is 1. The Labute approximate surface area is 109 Å². The van der Waals surface area contributed by atoms with Crippen LogP contribution in [0, 0.1) is 6.92 Å². The highest BCUT2D eigenvalue weighted by atomic mass is 35.5. The van der Waals surface area contributed by atoms with Crippen molar-refractivity contribution in [1.29, 1.82) is 0 Å². The van der Waals surface area contributed by atoms with Gasteiger partial charge < -0.3 is 14.8 Å². The van der Waals surface area contributed by atoms with Crippen LogP contribution in [0.1, 0.15) is 21.9 Å². The van der Waals surface area contributed by atoms with Gasteiger partial charge in [0, 0.05) is 0 Å². The van der Waals surface area contributed by atoms with E-state index in [9.17, 15) is 4.79 Å². The molecule has 2 rings (SSSR count). The van der Waals surface area contributed by atoms with Crippen LogP contribution in [0.4, 0.5) is 5.69 Å². The van der Waals surface area contributed by atoms with E-state index in [4.69, 9.17) is 21.1 Å². The van der Waals surface area contributed by atoms with Gasteiger partial charge in [-0.3, -0.25) is 0 Å². The number of anilines is 1. The van der Waals surface area contributed by atoms with Crippen LogP contribution < -0.4 is 5.32 Å². The fourth-order valence-electron chi connectivity index (χ4n) is 1.55. The summed E-state index contributed by atoms with van der Waals surface area (Å²) in [5.74, 6) is -0.595. The Morgan fingerprint density at radius 3 is 2.83 bits per heavy atom. The van der Waals surface area contributed by atoms with Crippen LogP contribution in [-0.4, -0.2) is 11.1 Å². The van der Waals surface area contributed by atoms with Crippen molar-refractivity contribution in [1.82, 2.24) is 0 Å². The molecule has 4 nitrogen and oxygen atoms in total. The number of hydrogen-bond donors (Lipinski definition) is 2. The quantitative estimate of drug-likeness (QED) is 0.887. The van der Waals surface area contributed by atoms with E-state index in [1.165, 1.54) is 6.07 Å². The summed E-state index contributed by atoms with van der Waals surface area (Å²) in [4.78, 5) is 10.7. The van der Waals surface area contributed by atoms with Crippen molar-refractivity contribution in [3.8, 4) is 0 Å². The predicted molar refractivity (Wildman–Crippen MR) is 69.2 cm³/mol. The predicted octanol–water partition coefficient (Wildman–Crippen LogP) is 3.55. The van der Waals surface area contributed by atoms with E-state index in [0.29, 0.717) is 17.3 Å². The maximum atomic E-state index is 10.7. The van der Waals surface area contributed by atoms with E-state index in [1.807, 2.05) is 25.1 Å². The SMILES string of the molecule is Cc1cccc(NCc2ccc(C(=O)O)o2)c1Cl. The topological polar surface area (TPSA) is 62.5 Å². The third-order valence-corrected chi connectivity index (χ3v) is 3.02. The van der Waals surface area contributed by atoms with Crippen molar-refractivity contribution >= 4 is 23.3 Å². The number of furan rings is 1. The van der Waals surface area contributed by atoms with E-state index >= 15 is 0 Å². The van der Waals surface area contributed by atoms with Gasteiger partial charge >= 0.3 is 5.97 Å². The van der Waals surface area contributed by atoms with E-state index in [-0.39, 0.29) is 5.76 Å². The van der Waals surface area contributed by atoms with Gasteiger partial charge in [0.05, 0.1) is 17.3 Å². The number of benzene rings is 1. The summed E-state index contributed by atoms with van der Waals surface area (Å²) in [6.45, 7) is 2.30. The summed E-state index contributed by atoms with van der Waals surface area (Å²) < 4.78 is 5.13. The molecule has 0 aliphatic rings. The zero-order chi connectivity index (χ0) is 13.1. The second kappa shape index (κ2) is 5.14. The molecule has 0 amide bonds. The van der Waals surface area contributed by atoms with Crippen LogP contribution in [0.15, 0.2) is 34.7 Å². The van der Waals surface area contributed by atoms with Gasteiger partial charge in [0.2, 0.25) is 5.76 Å². The highest BCUT2D eigenvalue weighted by molar-refractivity contribution is 6.33. The fourth-order valence-corrected chi connectivity index (χ4v) is 1.75. The molecule has 0 atom stereocenters. The smallest absolute Gasteiger partial charge is 0.371 e. The average molecular weight is 266 g/mol. The second-order valence-electron chi connectivity index (χ2n) is 3.86. The number of carboxylic acids is 1. The minimum Gasteiger partial charge on any atom is -0.475 e. The lowest BCUT2D eigenvalue weighted by Gasteiger charge is -2.08. The van der Waals surface area contributed by atoms with Gasteiger partial charge in [0.25, 0.3) is 0 Å². The summed E-state index contributed by atoms with van der Waals surface area (Å²) in [5, 5.41) is 12.5. The molecule has 1 heterocycles. The number of nitrogens with one attached hydrogen (secondary N) is 1. The molecule has 18 heavy (non-hydrogen) atoms. The Bertz CT molecular complexity index is 577. The summed E-state index contributed by atoms with van der Waals surface area (Å²) >= 11 is 6.13. The molecule has 0 spiro atoms. The summed E-state index contributed by atoms with van der Waals surface area (Å²) in [7, 11) is 0. The van der Waals surface area contributed by atoms with Crippen LogP contribution in [0.3, 0.4) is 0 Å². The molecule has 2 N–H and O–H groups in total. The number of halogens is 1. The molecule has 94 valence electrons. The molecular weight excluding hydrogens is 254 g/mol. The van der Waals surface area contributed by atoms with Gasteiger partial charge in [-0.1, -0.05) is 23.7 Å². The first-order valence-electron chi connectivity index (χ1n) is 5.39. The maximum Gasteiger partial charge on any atom is 0.371 e. The lowest BCUT2D eigenvalue weighted by Crippen LogP contribution is -1.99. The van der Waals surface area contributed by atoms with Crippen molar-refractivity contribution in [3.05, 3.63) is 52.4 Å². The number of carboxylic acid groups (broad SMARTS) is 1. The van der Waals surface area contributed by atoms with Crippen molar-refractivity contribution in [2.75, 3.05) is 5.32 Å². The summed E-state index contributed by atoms with van der Waals surface area (Å²) in [5.41, 5.74) is 1.78. The molecule has 1 aromatic heterocycles. The molecule has 2 aromatic rings. The van der Waals surface area contributed by atoms with Crippen LogP contribution in [0.25, 0.3) is 0 Å². The first-order chi connectivity index (χ1) is 8.58. The number of hydrogen-bond acceptors (Lipinski definition) is 3. The van der Waals surface area contributed by atoms with Crippen LogP contribution in [0.2, 0.25) is 5.02 Å². The van der Waals surface area contributed by atoms with Crippen molar-refractivity contribution in [3.63, 3.8) is 0 Å². The second-order valence-corrected chi connectivity index (χ2v) is 4.24. The molecule has 0 aliphatic heterocycles. The monoisotopic (exact) mass is 265 g/mol. The Morgan fingerprint density at radius 1 is 1.39 bits per heavy atom. The Balaban J connectivity index is 2.07. The molecule has 0 unspecified atom stereocenters. The van der Waals surface area contributed by atoms with Gasteiger partial charge in [-0.05, 0) is 30.7 Å². The fraction of sp³-hybridized carbons (Fsp3) is 0.154. The maximum absolute atomic E-state index is 10.7. The number of rotatable bonds is 4. The molecule has 0 saturated heterocycles. The van der Waals surface area contributed by atoms with Crippen LogP contribution in [-0.2, 0) is 6.54 Å². The lowest BCUT2D eigenvalue weighted by molar-refractivity contribution is 0.0660. The van der Waals surface area contributed by atoms with Crippen molar-refractivity contribution in [2.24, 2.45) is 0 Å². The van der Waals surface area contributed by atoms with Gasteiger partial charge in [-0.25, -0.2) is 4.79 Å². The standard InChI is InChI=1S/C13H12ClNO3/c1-8-3-2-4-10(12(8)14)15-7-9-5-6-11(18-9)13(16)17/h2-6,15H,7H2,1H3,(H,16,17). The zero-order valence-corrected chi connectivity index (χ0v) is 10.5. The molecule has 1 aromatic carbocycles. The van der Waals surface area contributed by atoms with E-state index in [0.717, 1.165) is 11.3 Å². The van der Waals surface area contributed by atoms with Gasteiger partial charge in [-0.15, -0.1) is 0 Å². The first-order valence-corrected chi connectivity index (χ1v) is 5.76. The Morgan fingerprint density at radius 2 is 2.17 bits per heavy atom. The zero-order valence-electron chi connectivity index (χ0n) is 9.74. The number of aromatic carboxylic acids is 1. The molecule has 0 bridgehead atoms. The molecule has 0 fully saturated rings. The highest BCUT2D eigenvalue weighted by Crippen LogP contribution is 2.25. The minimum absolute atomic E-state index is 0.0675. The lowest BCUT2D eigenvalue weighted by atomic mass is 10.2. The Kier molecular flexibility index (Phi) is 3.58. The van der Waals surface area contributed by atoms with Crippen LogP contribution in [0.5, 0.6) is 0 Å². The molecule has 0 aliphatic carbocycles. The third-order valence-electron chi connectivity index (χ3n) is 2.52. The minimum atomic E-state index is -1.07. The van der Waals surface area contributed by atoms with E-state index < -0.39 is 5.97 Å². The largest absolute Gasteiger partial charge is 0.475 e. The summed E-state index contributed by atoms with van der Waals surface area (Å²) in [6.07, 6.45) is 0. The first kappa shape index (κ1) is 12.5. The van der Waals surface area contributed by atoms with E-state index in [1.54, 1.807) is 6.07 Å². The molecule has 5 heteroatoms. The third kappa shape index (κ3) is 2.65. The number of aryl methyl sites for hydroxylation is 1. The Hall–Kier alpha value is -1.94. The van der Waals surface area contributed by atoms with Crippen molar-refractivity contribution < 1.29 is 14.3 Å². The molecule has 0 saturated carbocycles. The van der Waals surface area contributed by atoms with Gasteiger partial charge in [0.1, 0.15) is 5.76 Å². The van der Waals surface area contributed by atoms with Crippen LogP contribution >= 0.6 is 11.6 Å². The van der Waals surface area contributed by atoms with E-state index in [2.05, 4.69) is 5.32 Å².